The third-order valence-corrected chi connectivity index (χ3v) is 2.73. The molecule has 6 nitrogen and oxygen atoms in total. The molecule has 0 aliphatic heterocycles. The molecule has 118 valence electrons. The molecule has 0 atom stereocenters. The lowest BCUT2D eigenvalue weighted by Crippen LogP contribution is -2.14. The Morgan fingerprint density at radius 3 is 2.73 bits per heavy atom. The molecule has 0 bridgehead atoms. The zero-order valence-corrected chi connectivity index (χ0v) is 12.6. The Labute approximate surface area is 130 Å². The van der Waals surface area contributed by atoms with E-state index < -0.39 is 5.97 Å². The summed E-state index contributed by atoms with van der Waals surface area (Å²) in [5.41, 5.74) is 12.1. The van der Waals surface area contributed by atoms with Crippen molar-refractivity contribution in [2.75, 3.05) is 25.0 Å². The topological polar surface area (TPSA) is 107 Å². The summed E-state index contributed by atoms with van der Waals surface area (Å²) >= 11 is 0. The lowest BCUT2D eigenvalue weighted by atomic mass is 10.1. The number of amides is 1. The molecule has 0 heterocycles. The second-order valence-electron chi connectivity index (χ2n) is 4.43. The Balaban J connectivity index is 2.99. The van der Waals surface area contributed by atoms with Crippen molar-refractivity contribution in [3.8, 4) is 11.8 Å². The SMILES string of the molecule is CCOC(=O)c1ccc(NC(=O)CCCN)cc1C#CCN. The summed E-state index contributed by atoms with van der Waals surface area (Å²) < 4.78 is 4.98. The number of benzene rings is 1. The maximum absolute atomic E-state index is 11.9. The van der Waals surface area contributed by atoms with Gasteiger partial charge in [0.15, 0.2) is 0 Å². The van der Waals surface area contributed by atoms with Crippen LogP contribution in [0.15, 0.2) is 18.2 Å². The molecule has 0 unspecified atom stereocenters. The number of esters is 1. The lowest BCUT2D eigenvalue weighted by molar-refractivity contribution is -0.116. The van der Waals surface area contributed by atoms with E-state index in [9.17, 15) is 9.59 Å². The summed E-state index contributed by atoms with van der Waals surface area (Å²) in [7, 11) is 0. The number of rotatable bonds is 6. The average Bonchev–Trinajstić information content (AvgIpc) is 2.51. The molecule has 0 saturated carbocycles. The fourth-order valence-electron chi connectivity index (χ4n) is 1.74. The van der Waals surface area contributed by atoms with Crippen LogP contribution in [0.2, 0.25) is 0 Å². The number of hydrogen-bond acceptors (Lipinski definition) is 5. The van der Waals surface area contributed by atoms with Gasteiger partial charge in [-0.25, -0.2) is 4.79 Å². The molecule has 0 aliphatic rings. The van der Waals surface area contributed by atoms with Gasteiger partial charge >= 0.3 is 5.97 Å². The highest BCUT2D eigenvalue weighted by molar-refractivity contribution is 5.95. The Kier molecular flexibility index (Phi) is 7.68. The van der Waals surface area contributed by atoms with Crippen molar-refractivity contribution in [3.05, 3.63) is 29.3 Å². The zero-order valence-electron chi connectivity index (χ0n) is 12.6. The van der Waals surface area contributed by atoms with E-state index in [1.54, 1.807) is 25.1 Å². The van der Waals surface area contributed by atoms with E-state index in [0.717, 1.165) is 0 Å². The number of ether oxygens (including phenoxy) is 1. The van der Waals surface area contributed by atoms with E-state index in [1.807, 2.05) is 0 Å². The van der Waals surface area contributed by atoms with Crippen LogP contribution in [-0.4, -0.2) is 31.6 Å². The second-order valence-corrected chi connectivity index (χ2v) is 4.43. The molecule has 0 aliphatic carbocycles. The first-order valence-electron chi connectivity index (χ1n) is 7.12. The van der Waals surface area contributed by atoms with Crippen molar-refractivity contribution in [2.24, 2.45) is 11.5 Å². The molecule has 6 heteroatoms. The molecular weight excluding hydrogens is 282 g/mol. The number of carbonyl (C=O) groups is 2. The van der Waals surface area contributed by atoms with Crippen LogP contribution in [0.5, 0.6) is 0 Å². The van der Waals surface area contributed by atoms with Crippen molar-refractivity contribution < 1.29 is 14.3 Å². The lowest BCUT2D eigenvalue weighted by Gasteiger charge is -2.09. The van der Waals surface area contributed by atoms with Gasteiger partial charge in [-0.15, -0.1) is 0 Å². The molecule has 22 heavy (non-hydrogen) atoms. The highest BCUT2D eigenvalue weighted by Crippen LogP contribution is 2.17. The van der Waals surface area contributed by atoms with Gasteiger partial charge in [-0.1, -0.05) is 11.8 Å². The first-order valence-corrected chi connectivity index (χ1v) is 7.12. The fraction of sp³-hybridized carbons (Fsp3) is 0.375. The first-order chi connectivity index (χ1) is 10.6. The quantitative estimate of drug-likeness (QED) is 0.533. The minimum atomic E-state index is -0.454. The molecular formula is C16H21N3O3. The van der Waals surface area contributed by atoms with Gasteiger partial charge in [0.1, 0.15) is 0 Å². The van der Waals surface area contributed by atoms with Crippen molar-refractivity contribution >= 4 is 17.6 Å². The summed E-state index contributed by atoms with van der Waals surface area (Å²) in [5, 5.41) is 2.75. The van der Waals surface area contributed by atoms with E-state index in [-0.39, 0.29) is 19.1 Å². The molecule has 1 amide bonds. The van der Waals surface area contributed by atoms with E-state index in [4.69, 9.17) is 16.2 Å². The van der Waals surface area contributed by atoms with Gasteiger partial charge in [0.25, 0.3) is 0 Å². The number of nitrogens with two attached hydrogens (primary N) is 2. The van der Waals surface area contributed by atoms with Gasteiger partial charge in [-0.3, -0.25) is 4.79 Å². The number of anilines is 1. The van der Waals surface area contributed by atoms with Crippen LogP contribution in [0.25, 0.3) is 0 Å². The maximum atomic E-state index is 11.9. The average molecular weight is 303 g/mol. The van der Waals surface area contributed by atoms with Gasteiger partial charge in [0, 0.05) is 17.7 Å². The minimum Gasteiger partial charge on any atom is -0.462 e. The molecule has 1 aromatic rings. The molecule has 0 radical (unpaired) electrons. The molecule has 1 aromatic carbocycles. The fourth-order valence-corrected chi connectivity index (χ4v) is 1.74. The predicted octanol–water partition coefficient (Wildman–Crippen LogP) is 0.851. The van der Waals surface area contributed by atoms with Gasteiger partial charge in [-0.2, -0.15) is 0 Å². The molecule has 0 spiro atoms. The van der Waals surface area contributed by atoms with Crippen LogP contribution >= 0.6 is 0 Å². The highest BCUT2D eigenvalue weighted by Gasteiger charge is 2.12. The number of carbonyl (C=O) groups excluding carboxylic acids is 2. The van der Waals surface area contributed by atoms with Gasteiger partial charge in [0.2, 0.25) is 5.91 Å². The monoisotopic (exact) mass is 303 g/mol. The third kappa shape index (κ3) is 5.56. The Hall–Kier alpha value is -2.36. The molecule has 0 aromatic heterocycles. The summed E-state index contributed by atoms with van der Waals surface area (Å²) in [6, 6.07) is 4.85. The van der Waals surface area contributed by atoms with Crippen LogP contribution in [-0.2, 0) is 9.53 Å². The zero-order chi connectivity index (χ0) is 16.4. The molecule has 0 saturated heterocycles. The molecule has 5 N–H and O–H groups in total. The van der Waals surface area contributed by atoms with Gasteiger partial charge < -0.3 is 21.5 Å². The van der Waals surface area contributed by atoms with Gasteiger partial charge in [-0.05, 0) is 38.1 Å². The highest BCUT2D eigenvalue weighted by atomic mass is 16.5. The van der Waals surface area contributed by atoms with Crippen molar-refractivity contribution in [2.45, 2.75) is 19.8 Å². The number of nitrogens with one attached hydrogen (secondary N) is 1. The van der Waals surface area contributed by atoms with Crippen LogP contribution in [0.3, 0.4) is 0 Å². The van der Waals surface area contributed by atoms with Crippen molar-refractivity contribution in [1.82, 2.24) is 0 Å². The summed E-state index contributed by atoms with van der Waals surface area (Å²) in [6.07, 6.45) is 0.965. The molecule has 1 rings (SSSR count). The normalized spacial score (nSPS) is 9.59. The Morgan fingerprint density at radius 1 is 1.32 bits per heavy atom. The van der Waals surface area contributed by atoms with E-state index in [2.05, 4.69) is 17.2 Å². The van der Waals surface area contributed by atoms with Crippen LogP contribution in [0.4, 0.5) is 5.69 Å². The molecule has 0 fully saturated rings. The smallest absolute Gasteiger partial charge is 0.339 e. The van der Waals surface area contributed by atoms with E-state index in [1.165, 1.54) is 0 Å². The van der Waals surface area contributed by atoms with Gasteiger partial charge in [0.05, 0.1) is 18.7 Å². The first kappa shape index (κ1) is 17.7. The second kappa shape index (κ2) is 9.55. The number of hydrogen-bond donors (Lipinski definition) is 3. The summed E-state index contributed by atoms with van der Waals surface area (Å²) in [5.74, 6) is 4.93. The standard InChI is InChI=1S/C16H21N3O3/c1-2-22-16(21)14-8-7-13(11-12(14)5-3-9-17)19-15(20)6-4-10-18/h7-8,11H,2,4,6,9-10,17-18H2,1H3,(H,19,20). The van der Waals surface area contributed by atoms with Crippen LogP contribution in [0.1, 0.15) is 35.7 Å². The summed E-state index contributed by atoms with van der Waals surface area (Å²) in [4.78, 5) is 23.6. The van der Waals surface area contributed by atoms with Crippen molar-refractivity contribution in [3.63, 3.8) is 0 Å². The van der Waals surface area contributed by atoms with Crippen molar-refractivity contribution in [1.29, 1.82) is 0 Å². The third-order valence-electron chi connectivity index (χ3n) is 2.73. The maximum Gasteiger partial charge on any atom is 0.339 e. The van der Waals surface area contributed by atoms with E-state index in [0.29, 0.717) is 36.2 Å². The summed E-state index contributed by atoms with van der Waals surface area (Å²) in [6.45, 7) is 2.65. The predicted molar refractivity (Wildman–Crippen MR) is 85.2 cm³/mol. The Morgan fingerprint density at radius 2 is 2.09 bits per heavy atom. The van der Waals surface area contributed by atoms with E-state index >= 15 is 0 Å². The largest absolute Gasteiger partial charge is 0.462 e. The van der Waals surface area contributed by atoms with Crippen LogP contribution < -0.4 is 16.8 Å². The van der Waals surface area contributed by atoms with Crippen LogP contribution in [0, 0.1) is 11.8 Å². The minimum absolute atomic E-state index is 0.132. The Bertz CT molecular complexity index is 588.